The Hall–Kier alpha value is -1.32. The van der Waals surface area contributed by atoms with Crippen molar-refractivity contribution in [2.75, 3.05) is 0 Å². The third-order valence-electron chi connectivity index (χ3n) is 4.76. The van der Waals surface area contributed by atoms with E-state index in [4.69, 9.17) is 0 Å². The van der Waals surface area contributed by atoms with Crippen molar-refractivity contribution in [3.8, 4) is 0 Å². The summed E-state index contributed by atoms with van der Waals surface area (Å²) < 4.78 is 1.85. The van der Waals surface area contributed by atoms with Gasteiger partial charge in [-0.05, 0) is 43.6 Å². The minimum absolute atomic E-state index is 0.186. The molecule has 2 saturated carbocycles. The quantitative estimate of drug-likeness (QED) is 0.904. The summed E-state index contributed by atoms with van der Waals surface area (Å²) in [5.74, 6) is 1.83. The zero-order valence-electron chi connectivity index (χ0n) is 11.6. The second-order valence-electron chi connectivity index (χ2n) is 6.14. The molecule has 4 heteroatoms. The highest BCUT2D eigenvalue weighted by Gasteiger charge is 2.39. The average Bonchev–Trinajstić information content (AvgIpc) is 3.05. The van der Waals surface area contributed by atoms with Crippen LogP contribution in [0.4, 0.5) is 0 Å². The van der Waals surface area contributed by atoms with Crippen molar-refractivity contribution in [2.24, 2.45) is 11.8 Å². The Kier molecular flexibility index (Phi) is 3.58. The number of carbonyl (C=O) groups excluding carboxylic acids is 1. The monoisotopic (exact) mass is 261 g/mol. The number of hydrogen-bond acceptors (Lipinski definition) is 2. The smallest absolute Gasteiger partial charge is 0.222 e. The van der Waals surface area contributed by atoms with Crippen molar-refractivity contribution in [3.05, 3.63) is 18.0 Å². The van der Waals surface area contributed by atoms with Crippen LogP contribution in [0.2, 0.25) is 0 Å². The van der Waals surface area contributed by atoms with Gasteiger partial charge >= 0.3 is 0 Å². The maximum absolute atomic E-state index is 12.0. The van der Waals surface area contributed by atoms with Gasteiger partial charge in [0.15, 0.2) is 0 Å². The lowest BCUT2D eigenvalue weighted by atomic mass is 9.97. The lowest BCUT2D eigenvalue weighted by Crippen LogP contribution is -2.38. The van der Waals surface area contributed by atoms with E-state index in [1.807, 2.05) is 24.0 Å². The van der Waals surface area contributed by atoms with Crippen LogP contribution in [-0.2, 0) is 11.3 Å². The number of nitrogens with zero attached hydrogens (tertiary/aromatic N) is 2. The maximum Gasteiger partial charge on any atom is 0.222 e. The first-order chi connectivity index (χ1) is 9.22. The summed E-state index contributed by atoms with van der Waals surface area (Å²) in [6, 6.07) is 0.444. The van der Waals surface area contributed by atoms with E-state index in [2.05, 4.69) is 10.4 Å². The Balaban J connectivity index is 1.46. The van der Waals surface area contributed by atoms with Gasteiger partial charge in [-0.1, -0.05) is 12.8 Å². The van der Waals surface area contributed by atoms with Gasteiger partial charge in [-0.15, -0.1) is 0 Å². The zero-order valence-corrected chi connectivity index (χ0v) is 11.6. The first-order valence-corrected chi connectivity index (χ1v) is 7.51. The van der Waals surface area contributed by atoms with Crippen molar-refractivity contribution in [2.45, 2.75) is 58.0 Å². The maximum atomic E-state index is 12.0. The molecule has 1 N–H and O–H groups in total. The van der Waals surface area contributed by atoms with Crippen molar-refractivity contribution < 1.29 is 4.79 Å². The minimum atomic E-state index is 0.186. The molecule has 0 aliphatic heterocycles. The van der Waals surface area contributed by atoms with Crippen LogP contribution in [0, 0.1) is 18.8 Å². The standard InChI is InChI=1S/C15H23N3O/c1-11-9-16-18(10-11)8-7-15(19)17-14-6-5-12-3-2-4-13(12)14/h9-10,12-14H,2-8H2,1H3,(H,17,19)/t12-,13-,14-/m0/s1. The molecule has 0 bridgehead atoms. The van der Waals surface area contributed by atoms with Crippen molar-refractivity contribution in [1.29, 1.82) is 0 Å². The summed E-state index contributed by atoms with van der Waals surface area (Å²) in [7, 11) is 0. The Labute approximate surface area is 114 Å². The summed E-state index contributed by atoms with van der Waals surface area (Å²) >= 11 is 0. The summed E-state index contributed by atoms with van der Waals surface area (Å²) in [5, 5.41) is 7.46. The number of aromatic nitrogens is 2. The third-order valence-corrected chi connectivity index (χ3v) is 4.76. The molecule has 0 aromatic carbocycles. The van der Waals surface area contributed by atoms with Crippen LogP contribution in [0.1, 0.15) is 44.1 Å². The predicted octanol–water partition coefficient (Wildman–Crippen LogP) is 2.28. The summed E-state index contributed by atoms with van der Waals surface area (Å²) in [4.78, 5) is 12.0. The highest BCUT2D eigenvalue weighted by Crippen LogP contribution is 2.43. The molecule has 2 fully saturated rings. The van der Waals surface area contributed by atoms with Crippen LogP contribution in [0.15, 0.2) is 12.4 Å². The molecule has 2 aliphatic carbocycles. The molecule has 1 heterocycles. The van der Waals surface area contributed by atoms with Crippen LogP contribution < -0.4 is 5.32 Å². The van der Waals surface area contributed by atoms with Crippen LogP contribution >= 0.6 is 0 Å². The van der Waals surface area contributed by atoms with Gasteiger partial charge in [-0.2, -0.15) is 5.10 Å². The molecule has 1 amide bonds. The molecular weight excluding hydrogens is 238 g/mol. The highest BCUT2D eigenvalue weighted by molar-refractivity contribution is 5.76. The van der Waals surface area contributed by atoms with Gasteiger partial charge in [0.05, 0.1) is 6.20 Å². The fourth-order valence-electron chi connectivity index (χ4n) is 3.82. The molecule has 0 unspecified atom stereocenters. The predicted molar refractivity (Wildman–Crippen MR) is 73.6 cm³/mol. The van der Waals surface area contributed by atoms with E-state index in [0.717, 1.165) is 17.4 Å². The Bertz CT molecular complexity index is 454. The topological polar surface area (TPSA) is 46.9 Å². The van der Waals surface area contributed by atoms with E-state index in [0.29, 0.717) is 19.0 Å². The number of carbonyl (C=O) groups is 1. The minimum Gasteiger partial charge on any atom is -0.353 e. The van der Waals surface area contributed by atoms with E-state index in [1.165, 1.54) is 32.1 Å². The number of amides is 1. The Morgan fingerprint density at radius 2 is 2.32 bits per heavy atom. The number of rotatable bonds is 4. The first kappa shape index (κ1) is 12.7. The molecule has 2 aliphatic rings. The summed E-state index contributed by atoms with van der Waals surface area (Å²) in [6.45, 7) is 2.70. The van der Waals surface area contributed by atoms with E-state index < -0.39 is 0 Å². The van der Waals surface area contributed by atoms with Crippen LogP contribution in [-0.4, -0.2) is 21.7 Å². The van der Waals surface area contributed by atoms with Gasteiger partial charge in [0.1, 0.15) is 0 Å². The fraction of sp³-hybridized carbons (Fsp3) is 0.733. The Morgan fingerprint density at radius 3 is 3.11 bits per heavy atom. The first-order valence-electron chi connectivity index (χ1n) is 7.51. The molecule has 1 aromatic heterocycles. The van der Waals surface area contributed by atoms with E-state index in [-0.39, 0.29) is 5.91 Å². The molecule has 1 aromatic rings. The van der Waals surface area contributed by atoms with Crippen molar-refractivity contribution in [3.63, 3.8) is 0 Å². The number of nitrogens with one attached hydrogen (secondary N) is 1. The van der Waals surface area contributed by atoms with Crippen molar-refractivity contribution in [1.82, 2.24) is 15.1 Å². The molecule has 3 rings (SSSR count). The number of aryl methyl sites for hydroxylation is 2. The average molecular weight is 261 g/mol. The second kappa shape index (κ2) is 5.35. The van der Waals surface area contributed by atoms with Crippen LogP contribution in [0.25, 0.3) is 0 Å². The molecule has 104 valence electrons. The molecule has 19 heavy (non-hydrogen) atoms. The number of hydrogen-bond donors (Lipinski definition) is 1. The van der Waals surface area contributed by atoms with Gasteiger partial charge in [-0.25, -0.2) is 0 Å². The van der Waals surface area contributed by atoms with Crippen LogP contribution in [0.3, 0.4) is 0 Å². The van der Waals surface area contributed by atoms with E-state index in [9.17, 15) is 4.79 Å². The Morgan fingerprint density at radius 1 is 1.42 bits per heavy atom. The van der Waals surface area contributed by atoms with Crippen LogP contribution in [0.5, 0.6) is 0 Å². The lowest BCUT2D eigenvalue weighted by Gasteiger charge is -2.20. The molecule has 3 atom stereocenters. The SMILES string of the molecule is Cc1cnn(CCC(=O)N[C@H]2CC[C@@H]3CCC[C@@H]32)c1. The summed E-state index contributed by atoms with van der Waals surface area (Å²) in [6.07, 6.45) is 10.9. The van der Waals surface area contributed by atoms with Gasteiger partial charge in [-0.3, -0.25) is 9.48 Å². The third kappa shape index (κ3) is 2.82. The molecular formula is C15H23N3O. The van der Waals surface area contributed by atoms with Gasteiger partial charge in [0, 0.05) is 25.2 Å². The van der Waals surface area contributed by atoms with Gasteiger partial charge in [0.2, 0.25) is 5.91 Å². The number of fused-ring (bicyclic) bond motifs is 1. The van der Waals surface area contributed by atoms with E-state index in [1.54, 1.807) is 0 Å². The van der Waals surface area contributed by atoms with Gasteiger partial charge < -0.3 is 5.32 Å². The zero-order chi connectivity index (χ0) is 13.2. The van der Waals surface area contributed by atoms with Crippen molar-refractivity contribution >= 4 is 5.91 Å². The second-order valence-corrected chi connectivity index (χ2v) is 6.14. The van der Waals surface area contributed by atoms with E-state index >= 15 is 0 Å². The fourth-order valence-corrected chi connectivity index (χ4v) is 3.82. The molecule has 4 nitrogen and oxygen atoms in total. The summed E-state index contributed by atoms with van der Waals surface area (Å²) in [5.41, 5.74) is 1.14. The largest absolute Gasteiger partial charge is 0.353 e. The normalized spacial score (nSPS) is 29.4. The molecule has 0 spiro atoms. The van der Waals surface area contributed by atoms with Gasteiger partial charge in [0.25, 0.3) is 0 Å². The molecule has 0 radical (unpaired) electrons. The highest BCUT2D eigenvalue weighted by atomic mass is 16.1. The lowest BCUT2D eigenvalue weighted by molar-refractivity contribution is -0.122. The molecule has 0 saturated heterocycles.